The average Bonchev–Trinajstić information content (AvgIpc) is 2.35. The molecule has 118 valence electrons. The summed E-state index contributed by atoms with van der Waals surface area (Å²) < 4.78 is 0. The van der Waals surface area contributed by atoms with Crippen molar-refractivity contribution in [1.82, 2.24) is 0 Å². The van der Waals surface area contributed by atoms with E-state index in [0.717, 1.165) is 30.8 Å². The Labute approximate surface area is 130 Å². The normalized spacial score (nSPS) is 10.8. The first-order valence-electron chi connectivity index (χ1n) is 7.05. The van der Waals surface area contributed by atoms with Crippen molar-refractivity contribution >= 4 is 17.1 Å². The second kappa shape index (κ2) is 9.11. The minimum Gasteiger partial charge on any atom is -0.399 e. The quantitative estimate of drug-likeness (QED) is 0.593. The predicted molar refractivity (Wildman–Crippen MR) is 97.7 cm³/mol. The highest BCUT2D eigenvalue weighted by atomic mass is 15.1. The van der Waals surface area contributed by atoms with Crippen LogP contribution in [0.5, 0.6) is 0 Å². The first-order chi connectivity index (χ1) is 9.40. The van der Waals surface area contributed by atoms with E-state index in [1.165, 1.54) is 11.1 Å². The standard InChI is InChI=1S/C17H27N3.CH4/c1-13(2)6-5-7-14(3)10-11-20(4)17-9-8-15(18)12-16(17)19;/h6,8-10,12H,5,7,11,18-19H2,1-4H3;1H4/b14-10+;. The highest BCUT2D eigenvalue weighted by Crippen LogP contribution is 2.24. The van der Waals surface area contributed by atoms with Gasteiger partial charge in [0.05, 0.1) is 11.4 Å². The van der Waals surface area contributed by atoms with Gasteiger partial charge in [0.25, 0.3) is 0 Å². The fourth-order valence-corrected chi connectivity index (χ4v) is 2.00. The van der Waals surface area contributed by atoms with Crippen molar-refractivity contribution in [3.8, 4) is 0 Å². The molecule has 0 aliphatic heterocycles. The van der Waals surface area contributed by atoms with E-state index in [-0.39, 0.29) is 7.43 Å². The number of likely N-dealkylation sites (N-methyl/N-ethyl adjacent to an activating group) is 1. The summed E-state index contributed by atoms with van der Waals surface area (Å²) >= 11 is 0. The van der Waals surface area contributed by atoms with Crippen LogP contribution in [0.1, 0.15) is 41.0 Å². The zero-order chi connectivity index (χ0) is 15.1. The van der Waals surface area contributed by atoms with Gasteiger partial charge in [-0.25, -0.2) is 0 Å². The van der Waals surface area contributed by atoms with E-state index in [9.17, 15) is 0 Å². The molecule has 0 aliphatic carbocycles. The van der Waals surface area contributed by atoms with E-state index in [2.05, 4.69) is 37.8 Å². The monoisotopic (exact) mass is 289 g/mol. The van der Waals surface area contributed by atoms with Crippen LogP contribution in [-0.2, 0) is 0 Å². The van der Waals surface area contributed by atoms with Crippen molar-refractivity contribution < 1.29 is 0 Å². The van der Waals surface area contributed by atoms with Crippen LogP contribution >= 0.6 is 0 Å². The van der Waals surface area contributed by atoms with Gasteiger partial charge >= 0.3 is 0 Å². The molecule has 3 heteroatoms. The Hall–Kier alpha value is -1.90. The highest BCUT2D eigenvalue weighted by molar-refractivity contribution is 5.71. The molecule has 0 saturated heterocycles. The topological polar surface area (TPSA) is 55.3 Å². The largest absolute Gasteiger partial charge is 0.399 e. The number of nitrogen functional groups attached to an aromatic ring is 2. The second-order valence-electron chi connectivity index (χ2n) is 5.57. The third-order valence-electron chi connectivity index (χ3n) is 3.27. The van der Waals surface area contributed by atoms with E-state index < -0.39 is 0 Å². The fraction of sp³-hybridized carbons (Fsp3) is 0.444. The predicted octanol–water partition coefficient (Wildman–Crippen LogP) is 4.62. The summed E-state index contributed by atoms with van der Waals surface area (Å²) in [4.78, 5) is 2.14. The average molecular weight is 289 g/mol. The maximum absolute atomic E-state index is 5.99. The Morgan fingerprint density at radius 1 is 1.14 bits per heavy atom. The summed E-state index contributed by atoms with van der Waals surface area (Å²) in [6.07, 6.45) is 6.75. The van der Waals surface area contributed by atoms with Crippen LogP contribution in [0.25, 0.3) is 0 Å². The minimum absolute atomic E-state index is 0. The number of rotatable bonds is 6. The van der Waals surface area contributed by atoms with Crippen LogP contribution in [-0.4, -0.2) is 13.6 Å². The molecule has 0 heterocycles. The number of hydrogen-bond acceptors (Lipinski definition) is 3. The summed E-state index contributed by atoms with van der Waals surface area (Å²) in [5.41, 5.74) is 16.9. The summed E-state index contributed by atoms with van der Waals surface area (Å²) in [6, 6.07) is 5.65. The van der Waals surface area contributed by atoms with Gasteiger partial charge < -0.3 is 16.4 Å². The highest BCUT2D eigenvalue weighted by Gasteiger charge is 2.04. The second-order valence-corrected chi connectivity index (χ2v) is 5.57. The molecule has 3 nitrogen and oxygen atoms in total. The zero-order valence-electron chi connectivity index (χ0n) is 13.1. The van der Waals surface area contributed by atoms with Crippen LogP contribution < -0.4 is 16.4 Å². The molecule has 0 radical (unpaired) electrons. The summed E-state index contributed by atoms with van der Waals surface area (Å²) in [7, 11) is 2.04. The fourth-order valence-electron chi connectivity index (χ4n) is 2.00. The summed E-state index contributed by atoms with van der Waals surface area (Å²) in [5, 5.41) is 0. The first kappa shape index (κ1) is 19.1. The molecule has 4 N–H and O–H groups in total. The number of benzene rings is 1. The Kier molecular flexibility index (Phi) is 8.29. The Morgan fingerprint density at radius 2 is 1.81 bits per heavy atom. The molecule has 1 aromatic carbocycles. The van der Waals surface area contributed by atoms with Crippen molar-refractivity contribution in [3.05, 3.63) is 41.5 Å². The van der Waals surface area contributed by atoms with Gasteiger partial charge in [0, 0.05) is 19.3 Å². The molecule has 1 aromatic rings. The molecular formula is C18H31N3. The third-order valence-corrected chi connectivity index (χ3v) is 3.27. The molecule has 1 rings (SSSR count). The molecule has 0 saturated carbocycles. The molecule has 0 aliphatic rings. The lowest BCUT2D eigenvalue weighted by molar-refractivity contribution is 0.941. The molecule has 0 atom stereocenters. The van der Waals surface area contributed by atoms with Gasteiger partial charge in [-0.2, -0.15) is 0 Å². The molecule has 0 fully saturated rings. The van der Waals surface area contributed by atoms with Gasteiger partial charge in [0.2, 0.25) is 0 Å². The number of nitrogens with zero attached hydrogens (tertiary/aromatic N) is 1. The minimum atomic E-state index is 0. The maximum Gasteiger partial charge on any atom is 0.0601 e. The number of nitrogens with two attached hydrogens (primary N) is 2. The van der Waals surface area contributed by atoms with Crippen molar-refractivity contribution in [2.75, 3.05) is 30.0 Å². The van der Waals surface area contributed by atoms with Crippen molar-refractivity contribution in [2.45, 2.75) is 41.0 Å². The lowest BCUT2D eigenvalue weighted by Gasteiger charge is -2.20. The van der Waals surface area contributed by atoms with Crippen molar-refractivity contribution in [3.63, 3.8) is 0 Å². The Bertz CT molecular complexity index is 497. The number of hydrogen-bond donors (Lipinski definition) is 2. The van der Waals surface area contributed by atoms with Crippen LogP contribution in [0.3, 0.4) is 0 Å². The van der Waals surface area contributed by atoms with Gasteiger partial charge in [-0.05, 0) is 51.8 Å². The third kappa shape index (κ3) is 6.89. The molecular weight excluding hydrogens is 258 g/mol. The van der Waals surface area contributed by atoms with Gasteiger partial charge in [0.1, 0.15) is 0 Å². The summed E-state index contributed by atoms with van der Waals surface area (Å²) in [6.45, 7) is 7.31. The first-order valence-corrected chi connectivity index (χ1v) is 7.05. The maximum atomic E-state index is 5.99. The molecule has 0 amide bonds. The Balaban J connectivity index is 0.00000400. The number of allylic oxidation sites excluding steroid dienone is 3. The van der Waals surface area contributed by atoms with Crippen molar-refractivity contribution in [1.29, 1.82) is 0 Å². The van der Waals surface area contributed by atoms with Gasteiger partial charge in [-0.1, -0.05) is 30.7 Å². The SMILES string of the molecule is C.CC(C)=CCC/C(C)=C/CN(C)c1ccc(N)cc1N. The molecule has 0 bridgehead atoms. The molecule has 0 unspecified atom stereocenters. The van der Waals surface area contributed by atoms with Gasteiger partial charge in [0.15, 0.2) is 0 Å². The molecule has 21 heavy (non-hydrogen) atoms. The van der Waals surface area contributed by atoms with Gasteiger partial charge in [-0.3, -0.25) is 0 Å². The summed E-state index contributed by atoms with van der Waals surface area (Å²) in [5.74, 6) is 0. The Morgan fingerprint density at radius 3 is 2.38 bits per heavy atom. The van der Waals surface area contributed by atoms with E-state index in [0.29, 0.717) is 5.69 Å². The van der Waals surface area contributed by atoms with Gasteiger partial charge in [-0.15, -0.1) is 0 Å². The smallest absolute Gasteiger partial charge is 0.0601 e. The lowest BCUT2D eigenvalue weighted by Crippen LogP contribution is -2.18. The van der Waals surface area contributed by atoms with E-state index in [1.54, 1.807) is 6.07 Å². The van der Waals surface area contributed by atoms with E-state index in [4.69, 9.17) is 11.5 Å². The molecule has 0 spiro atoms. The van der Waals surface area contributed by atoms with E-state index >= 15 is 0 Å². The van der Waals surface area contributed by atoms with Crippen LogP contribution in [0.4, 0.5) is 17.1 Å². The van der Waals surface area contributed by atoms with Crippen molar-refractivity contribution in [2.24, 2.45) is 0 Å². The lowest BCUT2D eigenvalue weighted by atomic mass is 10.1. The molecule has 0 aromatic heterocycles. The zero-order valence-corrected chi connectivity index (χ0v) is 13.1. The van der Waals surface area contributed by atoms with Crippen LogP contribution in [0.2, 0.25) is 0 Å². The van der Waals surface area contributed by atoms with E-state index in [1.807, 2.05) is 19.2 Å². The van der Waals surface area contributed by atoms with Crippen LogP contribution in [0, 0.1) is 0 Å². The number of anilines is 3. The van der Waals surface area contributed by atoms with Crippen LogP contribution in [0.15, 0.2) is 41.5 Å².